The van der Waals surface area contributed by atoms with Crippen LogP contribution < -0.4 is 0 Å². The Bertz CT molecular complexity index is 1030. The maximum atomic E-state index is 14.9. The molecule has 2 aliphatic carbocycles. The largest absolute Gasteiger partial charge is 0.475 e. The van der Waals surface area contributed by atoms with E-state index in [-0.39, 0.29) is 48.8 Å². The second-order valence-electron chi connectivity index (χ2n) is 8.42. The standard InChI is InChI=1S/C21H21F4N5O2/c22-14-2-1-3-15(30-27-6-7-28-30)19(14)20(31)29-11-12-8-16(29)17(9-12)32-18-5-4-13(10-26-18)21(23,24)25/h1,3,6-7,10,12,14,16-17H,2,4-5,8-9,11H2. The number of aromatic nitrogens is 3. The summed E-state index contributed by atoms with van der Waals surface area (Å²) in [7, 11) is 0. The van der Waals surface area contributed by atoms with Gasteiger partial charge in [-0.05, 0) is 31.3 Å². The minimum Gasteiger partial charge on any atom is -0.475 e. The van der Waals surface area contributed by atoms with E-state index in [1.165, 1.54) is 17.2 Å². The van der Waals surface area contributed by atoms with Gasteiger partial charge in [0.2, 0.25) is 0 Å². The topological polar surface area (TPSA) is 72.6 Å². The summed E-state index contributed by atoms with van der Waals surface area (Å²) in [5.74, 6) is 0.0239. The fourth-order valence-electron chi connectivity index (χ4n) is 4.91. The number of ether oxygens (including phenoxy) is 1. The van der Waals surface area contributed by atoms with Crippen molar-refractivity contribution in [3.8, 4) is 0 Å². The van der Waals surface area contributed by atoms with Gasteiger partial charge < -0.3 is 9.64 Å². The number of fused-ring (bicyclic) bond motifs is 2. The third kappa shape index (κ3) is 3.73. The molecule has 1 aromatic heterocycles. The molecular formula is C21H21F4N5O2. The molecule has 4 aliphatic rings. The molecule has 4 atom stereocenters. The molecule has 7 nitrogen and oxygen atoms in total. The maximum absolute atomic E-state index is 14.9. The number of aliphatic imine (C=N–C) groups is 1. The van der Waals surface area contributed by atoms with Crippen LogP contribution in [0.2, 0.25) is 0 Å². The van der Waals surface area contributed by atoms with E-state index in [9.17, 15) is 22.4 Å². The maximum Gasteiger partial charge on any atom is 0.414 e. The summed E-state index contributed by atoms with van der Waals surface area (Å²) >= 11 is 0. The second kappa shape index (κ2) is 7.86. The van der Waals surface area contributed by atoms with Crippen LogP contribution in [0.1, 0.15) is 32.1 Å². The molecule has 170 valence electrons. The van der Waals surface area contributed by atoms with Crippen LogP contribution in [0.5, 0.6) is 0 Å². The Morgan fingerprint density at radius 1 is 1.16 bits per heavy atom. The fourth-order valence-corrected chi connectivity index (χ4v) is 4.91. The Labute approximate surface area is 181 Å². The highest BCUT2D eigenvalue weighted by Gasteiger charge is 2.50. The van der Waals surface area contributed by atoms with Crippen LogP contribution in [0.15, 0.2) is 46.9 Å². The minimum atomic E-state index is -4.39. The zero-order valence-corrected chi connectivity index (χ0v) is 17.0. The van der Waals surface area contributed by atoms with Crippen molar-refractivity contribution in [3.63, 3.8) is 0 Å². The van der Waals surface area contributed by atoms with Crippen LogP contribution in [-0.4, -0.2) is 62.7 Å². The lowest BCUT2D eigenvalue weighted by molar-refractivity contribution is -0.131. The molecule has 2 fully saturated rings. The van der Waals surface area contributed by atoms with Gasteiger partial charge in [0.05, 0.1) is 35.3 Å². The third-order valence-electron chi connectivity index (χ3n) is 6.38. The molecule has 2 bridgehead atoms. The fraction of sp³-hybridized carbons (Fsp3) is 0.524. The van der Waals surface area contributed by atoms with E-state index in [0.717, 1.165) is 6.20 Å². The minimum absolute atomic E-state index is 0.0164. The van der Waals surface area contributed by atoms with Crippen LogP contribution in [0.25, 0.3) is 5.70 Å². The average Bonchev–Trinajstić information content (AvgIpc) is 3.50. The number of carbonyl (C=O) groups is 1. The Balaban J connectivity index is 1.35. The number of allylic oxidation sites excluding steroid dienone is 4. The molecule has 5 rings (SSSR count). The number of hydrogen-bond donors (Lipinski definition) is 0. The first-order valence-corrected chi connectivity index (χ1v) is 10.5. The van der Waals surface area contributed by atoms with Crippen molar-refractivity contribution in [1.29, 1.82) is 0 Å². The van der Waals surface area contributed by atoms with Gasteiger partial charge in [-0.15, -0.1) is 0 Å². The van der Waals surface area contributed by atoms with Crippen molar-refractivity contribution < 1.29 is 27.1 Å². The van der Waals surface area contributed by atoms with E-state index >= 15 is 0 Å². The molecule has 0 radical (unpaired) electrons. The summed E-state index contributed by atoms with van der Waals surface area (Å²) in [6, 6.07) is -0.277. The van der Waals surface area contributed by atoms with Crippen molar-refractivity contribution in [2.45, 2.75) is 56.6 Å². The molecule has 11 heteroatoms. The molecule has 0 aromatic carbocycles. The van der Waals surface area contributed by atoms with Crippen molar-refractivity contribution in [3.05, 3.63) is 41.9 Å². The summed E-state index contributed by atoms with van der Waals surface area (Å²) in [4.78, 5) is 20.1. The van der Waals surface area contributed by atoms with E-state index in [0.29, 0.717) is 25.1 Å². The summed E-state index contributed by atoms with van der Waals surface area (Å²) in [5.41, 5.74) is -0.358. The van der Waals surface area contributed by atoms with Gasteiger partial charge in [0.1, 0.15) is 12.3 Å². The molecule has 1 saturated heterocycles. The first kappa shape index (κ1) is 20.9. The van der Waals surface area contributed by atoms with E-state index in [1.54, 1.807) is 17.1 Å². The average molecular weight is 451 g/mol. The van der Waals surface area contributed by atoms with Crippen molar-refractivity contribution >= 4 is 17.5 Å². The van der Waals surface area contributed by atoms with Crippen LogP contribution in [-0.2, 0) is 9.53 Å². The lowest BCUT2D eigenvalue weighted by Gasteiger charge is -2.35. The van der Waals surface area contributed by atoms with E-state index < -0.39 is 23.8 Å². The van der Waals surface area contributed by atoms with Crippen molar-refractivity contribution in [2.75, 3.05) is 6.54 Å². The highest BCUT2D eigenvalue weighted by Crippen LogP contribution is 2.42. The number of rotatable bonds is 3. The first-order chi connectivity index (χ1) is 15.3. The number of halogens is 4. The number of likely N-dealkylation sites (tertiary alicyclic amines) is 1. The van der Waals surface area contributed by atoms with Gasteiger partial charge >= 0.3 is 6.18 Å². The first-order valence-electron chi connectivity index (χ1n) is 10.5. The van der Waals surface area contributed by atoms with Crippen LogP contribution in [0.4, 0.5) is 17.6 Å². The molecule has 32 heavy (non-hydrogen) atoms. The molecular weight excluding hydrogens is 430 g/mol. The highest BCUT2D eigenvalue weighted by molar-refractivity contribution is 6.02. The van der Waals surface area contributed by atoms with Gasteiger partial charge in [0.25, 0.3) is 5.91 Å². The van der Waals surface area contributed by atoms with E-state index in [2.05, 4.69) is 15.2 Å². The monoisotopic (exact) mass is 451 g/mol. The van der Waals surface area contributed by atoms with Crippen LogP contribution >= 0.6 is 0 Å². The molecule has 4 unspecified atom stereocenters. The van der Waals surface area contributed by atoms with Gasteiger partial charge in [-0.1, -0.05) is 6.08 Å². The Morgan fingerprint density at radius 2 is 1.94 bits per heavy atom. The molecule has 0 spiro atoms. The molecule has 1 saturated carbocycles. The number of alkyl halides is 4. The smallest absolute Gasteiger partial charge is 0.414 e. The zero-order valence-electron chi connectivity index (χ0n) is 17.0. The Hall–Kier alpha value is -2.98. The molecule has 3 heterocycles. The van der Waals surface area contributed by atoms with E-state index in [1.807, 2.05) is 0 Å². The van der Waals surface area contributed by atoms with Gasteiger partial charge in [-0.25, -0.2) is 9.38 Å². The number of carbonyl (C=O) groups excluding carboxylic acids is 1. The summed E-state index contributed by atoms with van der Waals surface area (Å²) in [6.45, 7) is 0.494. The third-order valence-corrected chi connectivity index (χ3v) is 6.38. The Morgan fingerprint density at radius 3 is 2.59 bits per heavy atom. The summed E-state index contributed by atoms with van der Waals surface area (Å²) < 4.78 is 59.2. The SMILES string of the molecule is O=C(C1=C(n2nccn2)C=CCC1F)N1CC2CC(OC3=NC=C(C(F)(F)F)CC3)C1C2. The summed E-state index contributed by atoms with van der Waals surface area (Å²) in [6.07, 6.45) is 2.14. The number of amides is 1. The van der Waals surface area contributed by atoms with Crippen molar-refractivity contribution in [1.82, 2.24) is 19.9 Å². The van der Waals surface area contributed by atoms with Gasteiger partial charge in [-0.2, -0.15) is 28.2 Å². The quantitative estimate of drug-likeness (QED) is 0.661. The lowest BCUT2D eigenvalue weighted by Crippen LogP contribution is -2.48. The highest BCUT2D eigenvalue weighted by atomic mass is 19.4. The Kier molecular flexibility index (Phi) is 5.13. The predicted molar refractivity (Wildman–Crippen MR) is 106 cm³/mol. The number of hydrogen-bond acceptors (Lipinski definition) is 5. The lowest BCUT2D eigenvalue weighted by atomic mass is 9.97. The zero-order chi connectivity index (χ0) is 22.5. The van der Waals surface area contributed by atoms with Gasteiger partial charge in [0, 0.05) is 25.6 Å². The van der Waals surface area contributed by atoms with Gasteiger partial charge in [0.15, 0.2) is 5.90 Å². The van der Waals surface area contributed by atoms with Crippen LogP contribution in [0.3, 0.4) is 0 Å². The normalized spacial score (nSPS) is 29.9. The van der Waals surface area contributed by atoms with E-state index in [4.69, 9.17) is 4.74 Å². The molecule has 0 N–H and O–H groups in total. The predicted octanol–water partition coefficient (Wildman–Crippen LogP) is 3.43. The van der Waals surface area contributed by atoms with Crippen molar-refractivity contribution in [2.24, 2.45) is 10.9 Å². The van der Waals surface area contributed by atoms with Crippen LogP contribution in [0, 0.1) is 5.92 Å². The number of nitrogens with zero attached hydrogens (tertiary/aromatic N) is 5. The van der Waals surface area contributed by atoms with Gasteiger partial charge in [-0.3, -0.25) is 4.79 Å². The summed E-state index contributed by atoms with van der Waals surface area (Å²) in [5, 5.41) is 8.06. The second-order valence-corrected chi connectivity index (χ2v) is 8.42. The number of piperidine rings is 1. The molecule has 2 aliphatic heterocycles. The molecule has 1 amide bonds. The molecule has 1 aromatic rings.